The van der Waals surface area contributed by atoms with E-state index in [1.807, 2.05) is 60.4 Å². The Morgan fingerprint density at radius 1 is 0.920 bits per heavy atom. The fraction of sp³-hybridized carbons (Fsp3) is 0.227. The predicted molar refractivity (Wildman–Crippen MR) is 96.8 cm³/mol. The van der Waals surface area contributed by atoms with Crippen molar-refractivity contribution in [2.75, 3.05) is 0 Å². The third kappa shape index (κ3) is 2.86. The van der Waals surface area contributed by atoms with Crippen LogP contribution in [0.1, 0.15) is 35.8 Å². The lowest BCUT2D eigenvalue weighted by Gasteiger charge is -2.27. The second kappa shape index (κ2) is 6.60. The van der Waals surface area contributed by atoms with E-state index in [0.717, 1.165) is 11.3 Å². The molecule has 3 heteroatoms. The summed E-state index contributed by atoms with van der Waals surface area (Å²) >= 11 is 0. The molecule has 0 spiro atoms. The molecule has 0 N–H and O–H groups in total. The maximum Gasteiger partial charge on any atom is 0.227 e. The van der Waals surface area contributed by atoms with E-state index in [9.17, 15) is 4.79 Å². The molecular formula is C22H21NO2. The van der Waals surface area contributed by atoms with Crippen molar-refractivity contribution >= 4 is 5.91 Å². The molecule has 1 aliphatic heterocycles. The number of benzene rings is 2. The van der Waals surface area contributed by atoms with Crippen LogP contribution < -0.4 is 0 Å². The highest BCUT2D eigenvalue weighted by Gasteiger charge is 2.48. The third-order valence-corrected chi connectivity index (χ3v) is 5.10. The van der Waals surface area contributed by atoms with Gasteiger partial charge < -0.3 is 9.32 Å². The summed E-state index contributed by atoms with van der Waals surface area (Å²) in [5, 5.41) is 0. The molecule has 1 saturated heterocycles. The van der Waals surface area contributed by atoms with E-state index >= 15 is 0 Å². The molecule has 1 amide bonds. The Hall–Kier alpha value is -2.81. The molecule has 2 aromatic carbocycles. The van der Waals surface area contributed by atoms with Crippen LogP contribution in [-0.4, -0.2) is 10.8 Å². The zero-order valence-corrected chi connectivity index (χ0v) is 14.2. The number of nitrogens with zero attached hydrogens (tertiary/aromatic N) is 1. The second-order valence-corrected chi connectivity index (χ2v) is 6.64. The molecule has 0 unspecified atom stereocenters. The van der Waals surface area contributed by atoms with Crippen molar-refractivity contribution in [3.63, 3.8) is 0 Å². The molecule has 0 radical (unpaired) electrons. The molecule has 4 rings (SSSR count). The number of furan rings is 1. The van der Waals surface area contributed by atoms with E-state index in [1.54, 1.807) is 6.26 Å². The van der Waals surface area contributed by atoms with Gasteiger partial charge in [0.1, 0.15) is 5.76 Å². The number of carbonyl (C=O) groups is 1. The first-order valence-corrected chi connectivity index (χ1v) is 8.68. The van der Waals surface area contributed by atoms with Gasteiger partial charge in [-0.15, -0.1) is 0 Å². The maximum atomic E-state index is 13.1. The number of amides is 1. The third-order valence-electron chi connectivity index (χ3n) is 5.10. The standard InChI is InChI=1S/C22H21NO2/c1-16-20(18-11-6-3-7-12-18)21(19-13-8-14-25-19)23(22(16)24)15-17-9-4-2-5-10-17/h2-14,16,20-21H,15H2,1H3/t16-,20+,21-/m0/s1. The molecule has 126 valence electrons. The molecular weight excluding hydrogens is 310 g/mol. The Morgan fingerprint density at radius 3 is 2.24 bits per heavy atom. The quantitative estimate of drug-likeness (QED) is 0.689. The highest BCUT2D eigenvalue weighted by Crippen LogP contribution is 2.48. The van der Waals surface area contributed by atoms with Crippen LogP contribution in [0.15, 0.2) is 83.5 Å². The summed E-state index contributed by atoms with van der Waals surface area (Å²) in [6.07, 6.45) is 1.69. The van der Waals surface area contributed by atoms with E-state index in [2.05, 4.69) is 24.3 Å². The van der Waals surface area contributed by atoms with Gasteiger partial charge in [0.2, 0.25) is 5.91 Å². The fourth-order valence-electron chi connectivity index (χ4n) is 3.91. The van der Waals surface area contributed by atoms with Crippen molar-refractivity contribution in [2.24, 2.45) is 5.92 Å². The number of hydrogen-bond donors (Lipinski definition) is 0. The van der Waals surface area contributed by atoms with Gasteiger partial charge in [-0.3, -0.25) is 4.79 Å². The van der Waals surface area contributed by atoms with Crippen molar-refractivity contribution in [3.05, 3.63) is 95.9 Å². The average Bonchev–Trinajstić information content (AvgIpc) is 3.26. The molecule has 2 heterocycles. The van der Waals surface area contributed by atoms with Gasteiger partial charge in [-0.2, -0.15) is 0 Å². The first-order chi connectivity index (χ1) is 12.3. The Balaban J connectivity index is 1.76. The number of hydrogen-bond acceptors (Lipinski definition) is 2. The van der Waals surface area contributed by atoms with Crippen LogP contribution in [0.3, 0.4) is 0 Å². The van der Waals surface area contributed by atoms with Crippen LogP contribution in [0.25, 0.3) is 0 Å². The fourth-order valence-corrected chi connectivity index (χ4v) is 3.91. The molecule has 3 aromatic rings. The molecule has 0 bridgehead atoms. The van der Waals surface area contributed by atoms with Crippen molar-refractivity contribution in [1.29, 1.82) is 0 Å². The second-order valence-electron chi connectivity index (χ2n) is 6.64. The van der Waals surface area contributed by atoms with Crippen LogP contribution in [0.4, 0.5) is 0 Å². The van der Waals surface area contributed by atoms with Crippen LogP contribution in [-0.2, 0) is 11.3 Å². The lowest BCUT2D eigenvalue weighted by molar-refractivity contribution is -0.132. The minimum absolute atomic E-state index is 0.0822. The number of rotatable bonds is 4. The van der Waals surface area contributed by atoms with Gasteiger partial charge in [0.15, 0.2) is 0 Å². The van der Waals surface area contributed by atoms with Gasteiger partial charge in [0, 0.05) is 18.4 Å². The van der Waals surface area contributed by atoms with Gasteiger partial charge in [0.25, 0.3) is 0 Å². The molecule has 0 aliphatic carbocycles. The molecule has 3 nitrogen and oxygen atoms in total. The van der Waals surface area contributed by atoms with Crippen molar-refractivity contribution < 1.29 is 9.21 Å². The zero-order chi connectivity index (χ0) is 17.2. The van der Waals surface area contributed by atoms with E-state index in [0.29, 0.717) is 6.54 Å². The minimum Gasteiger partial charge on any atom is -0.467 e. The van der Waals surface area contributed by atoms with E-state index < -0.39 is 0 Å². The molecule has 3 atom stereocenters. The van der Waals surface area contributed by atoms with E-state index in [4.69, 9.17) is 4.42 Å². The van der Waals surface area contributed by atoms with Crippen molar-refractivity contribution in [3.8, 4) is 0 Å². The summed E-state index contributed by atoms with van der Waals surface area (Å²) in [5.74, 6) is 1.03. The topological polar surface area (TPSA) is 33.5 Å². The van der Waals surface area contributed by atoms with Crippen molar-refractivity contribution in [2.45, 2.75) is 25.4 Å². The highest BCUT2D eigenvalue weighted by molar-refractivity contribution is 5.83. The monoisotopic (exact) mass is 331 g/mol. The smallest absolute Gasteiger partial charge is 0.227 e. The molecule has 0 saturated carbocycles. The summed E-state index contributed by atoms with van der Waals surface area (Å²) in [5.41, 5.74) is 2.31. The van der Waals surface area contributed by atoms with Gasteiger partial charge in [-0.1, -0.05) is 67.6 Å². The van der Waals surface area contributed by atoms with Crippen LogP contribution in [0.2, 0.25) is 0 Å². The molecule has 25 heavy (non-hydrogen) atoms. The summed E-state index contributed by atoms with van der Waals surface area (Å²) in [6, 6.07) is 24.2. The normalized spacial score (nSPS) is 23.2. The highest BCUT2D eigenvalue weighted by atomic mass is 16.3. The molecule has 1 aromatic heterocycles. The lowest BCUT2D eigenvalue weighted by atomic mass is 9.84. The molecule has 1 aliphatic rings. The summed E-state index contributed by atoms with van der Waals surface area (Å²) < 4.78 is 5.74. The van der Waals surface area contributed by atoms with Gasteiger partial charge >= 0.3 is 0 Å². The largest absolute Gasteiger partial charge is 0.467 e. The Bertz CT molecular complexity index is 827. The first-order valence-electron chi connectivity index (χ1n) is 8.68. The summed E-state index contributed by atoms with van der Waals surface area (Å²) in [4.78, 5) is 15.1. The maximum absolute atomic E-state index is 13.1. The van der Waals surface area contributed by atoms with E-state index in [1.165, 1.54) is 5.56 Å². The average molecular weight is 331 g/mol. The SMILES string of the molecule is C[C@@H]1C(=O)N(Cc2ccccc2)[C@@H](c2ccco2)[C@H]1c1ccccc1. The summed E-state index contributed by atoms with van der Waals surface area (Å²) in [6.45, 7) is 2.62. The molecule has 1 fully saturated rings. The predicted octanol–water partition coefficient (Wildman–Crippen LogP) is 4.78. The summed E-state index contributed by atoms with van der Waals surface area (Å²) in [7, 11) is 0. The van der Waals surface area contributed by atoms with Crippen LogP contribution >= 0.6 is 0 Å². The minimum atomic E-state index is -0.0832. The number of likely N-dealkylation sites (tertiary alicyclic amines) is 1. The van der Waals surface area contributed by atoms with Crippen LogP contribution in [0.5, 0.6) is 0 Å². The Labute approximate surface area is 147 Å². The van der Waals surface area contributed by atoms with Gasteiger partial charge in [0.05, 0.1) is 12.3 Å². The van der Waals surface area contributed by atoms with E-state index in [-0.39, 0.29) is 23.8 Å². The van der Waals surface area contributed by atoms with Gasteiger partial charge in [-0.25, -0.2) is 0 Å². The first kappa shape index (κ1) is 15.7. The number of carbonyl (C=O) groups excluding carboxylic acids is 1. The van der Waals surface area contributed by atoms with Crippen molar-refractivity contribution in [1.82, 2.24) is 4.90 Å². The zero-order valence-electron chi connectivity index (χ0n) is 14.2. The Kier molecular flexibility index (Phi) is 4.14. The van der Waals surface area contributed by atoms with Crippen LogP contribution in [0, 0.1) is 5.92 Å². The Morgan fingerprint density at radius 2 is 1.60 bits per heavy atom. The lowest BCUT2D eigenvalue weighted by Crippen LogP contribution is -2.28. The van der Waals surface area contributed by atoms with Gasteiger partial charge in [-0.05, 0) is 23.3 Å².